The monoisotopic (exact) mass is 320 g/mol. The summed E-state index contributed by atoms with van der Waals surface area (Å²) in [5.41, 5.74) is 1.13. The van der Waals surface area contributed by atoms with Crippen LogP contribution in [0.5, 0.6) is 0 Å². The van der Waals surface area contributed by atoms with E-state index in [9.17, 15) is 8.42 Å². The summed E-state index contributed by atoms with van der Waals surface area (Å²) in [6, 6.07) is 0. The number of aromatic nitrogens is 2. The number of thioether (sulfide) groups is 1. The number of sulfonamides is 1. The minimum Gasteiger partial charge on any atom is -0.311 e. The average molecular weight is 320 g/mol. The van der Waals surface area contributed by atoms with Crippen molar-refractivity contribution in [3.8, 4) is 0 Å². The largest absolute Gasteiger partial charge is 0.311 e. The average Bonchev–Trinajstić information content (AvgIpc) is 2.77. The molecule has 1 aromatic rings. The molecule has 0 bridgehead atoms. The number of rotatable bonds is 10. The SMILES string of the molecule is CCCNCc1n[nH]c(C)c1S(=O)(=O)NCCCSC. The summed E-state index contributed by atoms with van der Waals surface area (Å²) < 4.78 is 27.3. The first-order valence-electron chi connectivity index (χ1n) is 6.76. The van der Waals surface area contributed by atoms with E-state index >= 15 is 0 Å². The second-order valence-electron chi connectivity index (χ2n) is 4.55. The molecule has 116 valence electrons. The molecular weight excluding hydrogens is 296 g/mol. The van der Waals surface area contributed by atoms with E-state index in [4.69, 9.17) is 0 Å². The normalized spacial score (nSPS) is 11.9. The second-order valence-corrected chi connectivity index (χ2v) is 7.23. The molecule has 0 aliphatic carbocycles. The summed E-state index contributed by atoms with van der Waals surface area (Å²) in [7, 11) is -3.49. The van der Waals surface area contributed by atoms with Crippen molar-refractivity contribution in [3.05, 3.63) is 11.4 Å². The lowest BCUT2D eigenvalue weighted by Crippen LogP contribution is -2.27. The minimum absolute atomic E-state index is 0.283. The molecule has 0 saturated carbocycles. The first-order valence-corrected chi connectivity index (χ1v) is 9.63. The second kappa shape index (κ2) is 8.66. The van der Waals surface area contributed by atoms with Crippen LogP contribution in [0.15, 0.2) is 4.90 Å². The number of aromatic amines is 1. The molecule has 0 aromatic carbocycles. The molecule has 20 heavy (non-hydrogen) atoms. The Morgan fingerprint density at radius 2 is 2.10 bits per heavy atom. The van der Waals surface area contributed by atoms with Gasteiger partial charge in [-0.25, -0.2) is 13.1 Å². The number of hydrogen-bond donors (Lipinski definition) is 3. The zero-order chi connectivity index (χ0) is 15.0. The fourth-order valence-corrected chi connectivity index (χ4v) is 3.69. The van der Waals surface area contributed by atoms with Crippen LogP contribution in [-0.4, -0.2) is 43.7 Å². The molecular formula is C12H24N4O2S2. The van der Waals surface area contributed by atoms with Crippen LogP contribution in [0.1, 0.15) is 31.2 Å². The van der Waals surface area contributed by atoms with E-state index < -0.39 is 10.0 Å². The topological polar surface area (TPSA) is 86.9 Å². The Hall–Kier alpha value is -0.570. The van der Waals surface area contributed by atoms with E-state index in [0.29, 0.717) is 24.5 Å². The van der Waals surface area contributed by atoms with Crippen LogP contribution in [0, 0.1) is 6.92 Å². The van der Waals surface area contributed by atoms with Crippen molar-refractivity contribution in [2.45, 2.75) is 38.1 Å². The van der Waals surface area contributed by atoms with Crippen LogP contribution in [0.25, 0.3) is 0 Å². The Bertz CT molecular complexity index is 500. The minimum atomic E-state index is -3.49. The zero-order valence-corrected chi connectivity index (χ0v) is 14.0. The molecule has 0 aliphatic heterocycles. The Morgan fingerprint density at radius 3 is 2.75 bits per heavy atom. The quantitative estimate of drug-likeness (QED) is 0.565. The van der Waals surface area contributed by atoms with Gasteiger partial charge in [0.15, 0.2) is 0 Å². The molecule has 0 spiro atoms. The van der Waals surface area contributed by atoms with Gasteiger partial charge in [-0.3, -0.25) is 5.10 Å². The Labute approximate surface area is 125 Å². The molecule has 0 radical (unpaired) electrons. The van der Waals surface area contributed by atoms with Crippen molar-refractivity contribution in [3.63, 3.8) is 0 Å². The Morgan fingerprint density at radius 1 is 1.35 bits per heavy atom. The molecule has 0 fully saturated rings. The van der Waals surface area contributed by atoms with Crippen molar-refractivity contribution in [1.82, 2.24) is 20.2 Å². The Balaban J connectivity index is 2.74. The summed E-state index contributed by atoms with van der Waals surface area (Å²) >= 11 is 1.71. The number of hydrogen-bond acceptors (Lipinski definition) is 5. The molecule has 1 aromatic heterocycles. The van der Waals surface area contributed by atoms with Crippen LogP contribution in [0.4, 0.5) is 0 Å². The maximum absolute atomic E-state index is 12.3. The zero-order valence-electron chi connectivity index (χ0n) is 12.3. The molecule has 0 unspecified atom stereocenters. The standard InChI is InChI=1S/C12H24N4O2S2/c1-4-6-13-9-11-12(10(2)15-16-11)20(17,18)14-7-5-8-19-3/h13-14H,4-9H2,1-3H3,(H,15,16). The highest BCUT2D eigenvalue weighted by Gasteiger charge is 2.23. The van der Waals surface area contributed by atoms with Crippen molar-refractivity contribution < 1.29 is 8.42 Å². The molecule has 3 N–H and O–H groups in total. The van der Waals surface area contributed by atoms with Gasteiger partial charge in [0.25, 0.3) is 0 Å². The van der Waals surface area contributed by atoms with Crippen LogP contribution in [-0.2, 0) is 16.6 Å². The lowest BCUT2D eigenvalue weighted by atomic mass is 10.3. The molecule has 6 nitrogen and oxygen atoms in total. The third-order valence-electron chi connectivity index (χ3n) is 2.77. The summed E-state index contributed by atoms with van der Waals surface area (Å²) in [6.07, 6.45) is 3.82. The first kappa shape index (κ1) is 17.5. The Kier molecular flexibility index (Phi) is 7.57. The van der Waals surface area contributed by atoms with Crippen LogP contribution < -0.4 is 10.0 Å². The first-order chi connectivity index (χ1) is 9.53. The third-order valence-corrected chi connectivity index (χ3v) is 5.13. The highest BCUT2D eigenvalue weighted by molar-refractivity contribution is 7.98. The highest BCUT2D eigenvalue weighted by atomic mass is 32.2. The maximum atomic E-state index is 12.3. The predicted octanol–water partition coefficient (Wildman–Crippen LogP) is 1.25. The van der Waals surface area contributed by atoms with E-state index in [0.717, 1.165) is 25.1 Å². The van der Waals surface area contributed by atoms with Crippen LogP contribution in [0.2, 0.25) is 0 Å². The van der Waals surface area contributed by atoms with Gasteiger partial charge in [0.05, 0.1) is 11.4 Å². The van der Waals surface area contributed by atoms with E-state index in [1.165, 1.54) is 0 Å². The lowest BCUT2D eigenvalue weighted by molar-refractivity contribution is 0.577. The number of aryl methyl sites for hydroxylation is 1. The maximum Gasteiger partial charge on any atom is 0.244 e. The summed E-state index contributed by atoms with van der Waals surface area (Å²) in [5, 5.41) is 10.0. The fourth-order valence-electron chi connectivity index (χ4n) is 1.82. The molecule has 1 rings (SSSR count). The van der Waals surface area contributed by atoms with Gasteiger partial charge in [0.1, 0.15) is 4.90 Å². The lowest BCUT2D eigenvalue weighted by Gasteiger charge is -2.08. The summed E-state index contributed by atoms with van der Waals surface area (Å²) in [4.78, 5) is 0.283. The summed E-state index contributed by atoms with van der Waals surface area (Å²) in [6.45, 7) is 5.54. The van der Waals surface area contributed by atoms with Gasteiger partial charge < -0.3 is 5.32 Å². The van der Waals surface area contributed by atoms with E-state index in [1.807, 2.05) is 6.26 Å². The molecule has 0 atom stereocenters. The molecule has 1 heterocycles. The van der Waals surface area contributed by atoms with Crippen LogP contribution in [0.3, 0.4) is 0 Å². The number of H-pyrrole nitrogens is 1. The van der Waals surface area contributed by atoms with Crippen molar-refractivity contribution in [2.75, 3.05) is 25.1 Å². The third kappa shape index (κ3) is 5.08. The fraction of sp³-hybridized carbons (Fsp3) is 0.750. The highest BCUT2D eigenvalue weighted by Crippen LogP contribution is 2.17. The summed E-state index contributed by atoms with van der Waals surface area (Å²) in [5.74, 6) is 0.942. The van der Waals surface area contributed by atoms with Crippen molar-refractivity contribution in [1.29, 1.82) is 0 Å². The molecule has 8 heteroatoms. The van der Waals surface area contributed by atoms with E-state index in [2.05, 4.69) is 27.2 Å². The van der Waals surface area contributed by atoms with Gasteiger partial charge in [-0.05, 0) is 38.3 Å². The van der Waals surface area contributed by atoms with Gasteiger partial charge in [-0.2, -0.15) is 16.9 Å². The van der Waals surface area contributed by atoms with Gasteiger partial charge in [0, 0.05) is 13.1 Å². The predicted molar refractivity (Wildman–Crippen MR) is 83.5 cm³/mol. The smallest absolute Gasteiger partial charge is 0.244 e. The molecule has 0 aliphatic rings. The van der Waals surface area contributed by atoms with Gasteiger partial charge in [-0.15, -0.1) is 0 Å². The molecule has 0 amide bonds. The van der Waals surface area contributed by atoms with Gasteiger partial charge in [0.2, 0.25) is 10.0 Å². The van der Waals surface area contributed by atoms with Crippen molar-refractivity contribution >= 4 is 21.8 Å². The number of nitrogens with zero attached hydrogens (tertiary/aromatic N) is 1. The van der Waals surface area contributed by atoms with E-state index in [1.54, 1.807) is 18.7 Å². The van der Waals surface area contributed by atoms with E-state index in [-0.39, 0.29) is 4.90 Å². The number of nitrogens with one attached hydrogen (secondary N) is 3. The van der Waals surface area contributed by atoms with Crippen LogP contribution >= 0.6 is 11.8 Å². The van der Waals surface area contributed by atoms with Gasteiger partial charge >= 0.3 is 0 Å². The van der Waals surface area contributed by atoms with Gasteiger partial charge in [-0.1, -0.05) is 6.92 Å². The molecule has 0 saturated heterocycles. The van der Waals surface area contributed by atoms with Crippen molar-refractivity contribution in [2.24, 2.45) is 0 Å².